The fraction of sp³-hybridized carbons (Fsp3) is 0.750. The number of hydrogen-bond acceptors (Lipinski definition) is 6. The molecule has 0 saturated carbocycles. The van der Waals surface area contributed by atoms with Crippen LogP contribution in [0, 0.1) is 10.1 Å². The van der Waals surface area contributed by atoms with E-state index >= 15 is 0 Å². The Bertz CT molecular complexity index is 395. The number of likely N-dealkylation sites (N-methyl/N-ethyl adjacent to an activating group) is 1. The second kappa shape index (κ2) is 4.05. The Labute approximate surface area is 92.6 Å². The Balaban J connectivity index is 2.17. The highest BCUT2D eigenvalue weighted by atomic mass is 16.6. The van der Waals surface area contributed by atoms with E-state index in [9.17, 15) is 10.1 Å². The van der Waals surface area contributed by atoms with Gasteiger partial charge in [-0.05, 0) is 17.0 Å². The van der Waals surface area contributed by atoms with E-state index in [-0.39, 0.29) is 5.95 Å². The van der Waals surface area contributed by atoms with E-state index in [1.54, 1.807) is 7.05 Å². The molecule has 1 saturated heterocycles. The summed E-state index contributed by atoms with van der Waals surface area (Å²) < 4.78 is 1.46. The van der Waals surface area contributed by atoms with Gasteiger partial charge in [-0.1, -0.05) is 0 Å². The molecule has 2 rings (SSSR count). The molecule has 0 atom stereocenters. The van der Waals surface area contributed by atoms with Gasteiger partial charge in [0.1, 0.15) is 0 Å². The van der Waals surface area contributed by atoms with Crippen molar-refractivity contribution in [3.05, 3.63) is 10.1 Å². The Kier molecular flexibility index (Phi) is 2.73. The fourth-order valence-electron chi connectivity index (χ4n) is 1.72. The van der Waals surface area contributed by atoms with Gasteiger partial charge in [-0.15, -0.1) is 0 Å². The summed E-state index contributed by atoms with van der Waals surface area (Å²) in [6.07, 6.45) is 0. The molecule has 0 bridgehead atoms. The number of nitrogens with zero attached hydrogens (tertiary/aromatic N) is 6. The maximum atomic E-state index is 10.5. The normalized spacial score (nSPS) is 17.8. The lowest BCUT2D eigenvalue weighted by molar-refractivity contribution is -0.394. The van der Waals surface area contributed by atoms with Crippen LogP contribution in [0.1, 0.15) is 0 Å². The first kappa shape index (κ1) is 10.8. The molecule has 8 nitrogen and oxygen atoms in total. The molecule has 8 heteroatoms. The maximum Gasteiger partial charge on any atom is 0.493 e. The quantitative estimate of drug-likeness (QED) is 0.498. The standard InChI is InChI=1S/C8H14N6O2/c1-11-3-5-13(6-4-11)8-9-7(14(15)16)10-12(8)2/h3-6H2,1-2H3. The van der Waals surface area contributed by atoms with Gasteiger partial charge in [0.25, 0.3) is 0 Å². The maximum absolute atomic E-state index is 10.5. The number of aryl methyl sites for hydroxylation is 1. The molecule has 0 unspecified atom stereocenters. The van der Waals surface area contributed by atoms with Gasteiger partial charge in [0.15, 0.2) is 0 Å². The molecule has 1 aromatic heterocycles. The van der Waals surface area contributed by atoms with E-state index in [0.717, 1.165) is 26.2 Å². The zero-order valence-electron chi connectivity index (χ0n) is 9.33. The molecule has 0 N–H and O–H groups in total. The smallest absolute Gasteiger partial charge is 0.390 e. The lowest BCUT2D eigenvalue weighted by Crippen LogP contribution is -2.45. The lowest BCUT2D eigenvalue weighted by Gasteiger charge is -2.31. The monoisotopic (exact) mass is 226 g/mol. The Hall–Kier alpha value is -1.70. The Morgan fingerprint density at radius 1 is 1.25 bits per heavy atom. The van der Waals surface area contributed by atoms with Crippen LogP contribution in [0.25, 0.3) is 0 Å². The predicted molar refractivity (Wildman–Crippen MR) is 57.4 cm³/mol. The van der Waals surface area contributed by atoms with Crippen LogP contribution in [0.3, 0.4) is 0 Å². The second-order valence-electron chi connectivity index (χ2n) is 3.88. The largest absolute Gasteiger partial charge is 0.493 e. The second-order valence-corrected chi connectivity index (χ2v) is 3.88. The molecule has 1 aliphatic heterocycles. The van der Waals surface area contributed by atoms with E-state index < -0.39 is 4.92 Å². The Morgan fingerprint density at radius 3 is 2.38 bits per heavy atom. The Morgan fingerprint density at radius 2 is 1.88 bits per heavy atom. The first-order valence-corrected chi connectivity index (χ1v) is 5.07. The van der Waals surface area contributed by atoms with Crippen LogP contribution in [-0.2, 0) is 7.05 Å². The molecule has 0 aromatic carbocycles. The summed E-state index contributed by atoms with van der Waals surface area (Å²) in [5.74, 6) is 0.233. The van der Waals surface area contributed by atoms with Crippen molar-refractivity contribution in [2.75, 3.05) is 38.1 Å². The van der Waals surface area contributed by atoms with Gasteiger partial charge in [0.05, 0.1) is 0 Å². The van der Waals surface area contributed by atoms with Crippen molar-refractivity contribution in [2.24, 2.45) is 7.05 Å². The van der Waals surface area contributed by atoms with Crippen molar-refractivity contribution in [1.29, 1.82) is 0 Å². The number of nitro groups is 1. The third-order valence-electron chi connectivity index (χ3n) is 2.68. The third-order valence-corrected chi connectivity index (χ3v) is 2.68. The van der Waals surface area contributed by atoms with Crippen LogP contribution in [0.5, 0.6) is 0 Å². The molecule has 88 valence electrons. The first-order chi connectivity index (χ1) is 7.58. The summed E-state index contributed by atoms with van der Waals surface area (Å²) in [5, 5.41) is 14.3. The van der Waals surface area contributed by atoms with Gasteiger partial charge in [-0.25, -0.2) is 0 Å². The fourth-order valence-corrected chi connectivity index (χ4v) is 1.72. The van der Waals surface area contributed by atoms with E-state index in [1.807, 2.05) is 4.90 Å². The third kappa shape index (κ3) is 1.96. The van der Waals surface area contributed by atoms with Crippen LogP contribution in [0.4, 0.5) is 11.9 Å². The summed E-state index contributed by atoms with van der Waals surface area (Å²) in [4.78, 5) is 18.1. The van der Waals surface area contributed by atoms with Gasteiger partial charge < -0.3 is 19.9 Å². The van der Waals surface area contributed by atoms with E-state index in [4.69, 9.17) is 0 Å². The molecule has 0 spiro atoms. The predicted octanol–water partition coefficient (Wildman–Crippen LogP) is -0.525. The molecule has 2 heterocycles. The first-order valence-electron chi connectivity index (χ1n) is 5.07. The number of piperazine rings is 1. The van der Waals surface area contributed by atoms with Crippen LogP contribution in [-0.4, -0.2) is 57.8 Å². The molecule has 0 aliphatic carbocycles. The summed E-state index contributed by atoms with van der Waals surface area (Å²) in [5.41, 5.74) is 0. The lowest BCUT2D eigenvalue weighted by atomic mass is 10.3. The van der Waals surface area contributed by atoms with Gasteiger partial charge in [0.2, 0.25) is 0 Å². The summed E-state index contributed by atoms with van der Waals surface area (Å²) in [6, 6.07) is 0. The highest BCUT2D eigenvalue weighted by Crippen LogP contribution is 2.15. The van der Waals surface area contributed by atoms with Crippen LogP contribution >= 0.6 is 0 Å². The highest BCUT2D eigenvalue weighted by molar-refractivity contribution is 5.33. The summed E-state index contributed by atoms with van der Waals surface area (Å²) >= 11 is 0. The zero-order chi connectivity index (χ0) is 11.7. The SMILES string of the molecule is CN1CCN(c2nc([N+](=O)[O-])nn2C)CC1. The number of rotatable bonds is 2. The topological polar surface area (TPSA) is 80.3 Å². The number of aromatic nitrogens is 3. The van der Waals surface area contributed by atoms with Crippen molar-refractivity contribution in [1.82, 2.24) is 19.7 Å². The van der Waals surface area contributed by atoms with Crippen LogP contribution in [0.15, 0.2) is 0 Å². The molecule has 1 aliphatic rings. The summed E-state index contributed by atoms with van der Waals surface area (Å²) in [7, 11) is 3.73. The number of anilines is 1. The minimum absolute atomic E-state index is 0.337. The molecular weight excluding hydrogens is 212 g/mol. The molecule has 1 aromatic rings. The average molecular weight is 226 g/mol. The number of hydrogen-bond donors (Lipinski definition) is 0. The van der Waals surface area contributed by atoms with Crippen molar-refractivity contribution >= 4 is 11.9 Å². The zero-order valence-corrected chi connectivity index (χ0v) is 9.33. The average Bonchev–Trinajstić information content (AvgIpc) is 2.62. The van der Waals surface area contributed by atoms with Gasteiger partial charge in [-0.2, -0.15) is 4.68 Å². The van der Waals surface area contributed by atoms with Crippen LogP contribution in [0.2, 0.25) is 0 Å². The van der Waals surface area contributed by atoms with E-state index in [1.165, 1.54) is 4.68 Å². The van der Waals surface area contributed by atoms with Crippen molar-refractivity contribution in [3.8, 4) is 0 Å². The molecule has 1 fully saturated rings. The highest BCUT2D eigenvalue weighted by Gasteiger charge is 2.26. The summed E-state index contributed by atoms with van der Waals surface area (Å²) in [6.45, 7) is 3.50. The molecular formula is C8H14N6O2. The van der Waals surface area contributed by atoms with Gasteiger partial charge in [0, 0.05) is 38.3 Å². The minimum Gasteiger partial charge on any atom is -0.390 e. The van der Waals surface area contributed by atoms with Gasteiger partial charge in [-0.3, -0.25) is 0 Å². The van der Waals surface area contributed by atoms with Gasteiger partial charge >= 0.3 is 11.9 Å². The van der Waals surface area contributed by atoms with Crippen molar-refractivity contribution in [2.45, 2.75) is 0 Å². The molecule has 0 amide bonds. The van der Waals surface area contributed by atoms with Crippen molar-refractivity contribution < 1.29 is 4.92 Å². The van der Waals surface area contributed by atoms with E-state index in [0.29, 0.717) is 5.95 Å². The van der Waals surface area contributed by atoms with Crippen LogP contribution < -0.4 is 4.90 Å². The van der Waals surface area contributed by atoms with Crippen molar-refractivity contribution in [3.63, 3.8) is 0 Å². The minimum atomic E-state index is -0.570. The molecule has 16 heavy (non-hydrogen) atoms. The molecule has 0 radical (unpaired) electrons. The van der Waals surface area contributed by atoms with E-state index in [2.05, 4.69) is 22.0 Å².